The van der Waals surface area contributed by atoms with Crippen molar-refractivity contribution in [3.05, 3.63) is 102 Å². The van der Waals surface area contributed by atoms with Gasteiger partial charge < -0.3 is 30.1 Å². The van der Waals surface area contributed by atoms with Crippen LogP contribution in [-0.2, 0) is 36.7 Å². The number of carbonyl (C=O) groups is 4. The van der Waals surface area contributed by atoms with Crippen LogP contribution in [0.5, 0.6) is 5.75 Å². The second-order valence-corrected chi connectivity index (χ2v) is 15.7. The lowest BCUT2D eigenvalue weighted by Crippen LogP contribution is -2.57. The van der Waals surface area contributed by atoms with Gasteiger partial charge in [-0.3, -0.25) is 9.59 Å². The topological polar surface area (TPSA) is 134 Å². The van der Waals surface area contributed by atoms with Gasteiger partial charge in [0.25, 0.3) is 0 Å². The number of aromatic hydroxyl groups is 1. The number of benzene rings is 3. The Hall–Kier alpha value is -4.86. The predicted octanol–water partition coefficient (Wildman–Crippen LogP) is 7.29. The molecule has 0 spiro atoms. The van der Waals surface area contributed by atoms with E-state index in [-0.39, 0.29) is 18.6 Å². The molecule has 52 heavy (non-hydrogen) atoms. The van der Waals surface area contributed by atoms with Gasteiger partial charge in [-0.05, 0) is 96.0 Å². The van der Waals surface area contributed by atoms with Crippen molar-refractivity contribution in [2.75, 3.05) is 0 Å². The van der Waals surface area contributed by atoms with Crippen LogP contribution < -0.4 is 10.6 Å². The first-order valence-electron chi connectivity index (χ1n) is 18.0. The van der Waals surface area contributed by atoms with Crippen molar-refractivity contribution < 1.29 is 33.8 Å². The van der Waals surface area contributed by atoms with Crippen LogP contribution in [0.4, 0.5) is 4.79 Å². The molecule has 3 rings (SSSR count). The molecule has 4 unspecified atom stereocenters. The van der Waals surface area contributed by atoms with Crippen molar-refractivity contribution >= 4 is 23.9 Å². The summed E-state index contributed by atoms with van der Waals surface area (Å²) in [5.41, 5.74) is 0.273. The van der Waals surface area contributed by atoms with Gasteiger partial charge in [0.1, 0.15) is 35.1 Å². The maximum Gasteiger partial charge on any atom is 0.408 e. The Labute approximate surface area is 309 Å². The van der Waals surface area contributed by atoms with Gasteiger partial charge >= 0.3 is 12.1 Å². The zero-order valence-corrected chi connectivity index (χ0v) is 32.1. The number of hydrogen-bond acceptors (Lipinski definition) is 7. The Morgan fingerprint density at radius 2 is 1.23 bits per heavy atom. The molecule has 10 nitrogen and oxygen atoms in total. The highest BCUT2D eigenvalue weighted by Gasteiger charge is 2.40. The first-order valence-corrected chi connectivity index (χ1v) is 18.0. The number of nitrogens with one attached hydrogen (secondary N) is 2. The summed E-state index contributed by atoms with van der Waals surface area (Å²) >= 11 is 0. The zero-order valence-electron chi connectivity index (χ0n) is 32.1. The standard InChI is InChI=1S/C42H57N3O7/c1-28(2)23-24-29(3)45(38(48)34(25-30-17-12-10-13-18-30)44-40(50)52-42(7,8)9)36(32-21-16-22-33(46)27-32)37(47)43-35(39(49)51-41(4,5)6)26-31-19-14-11-15-20-31/h10-22,27-29,34-36,46H,23-26H2,1-9H3,(H,43,47)(H,44,50). The summed E-state index contributed by atoms with van der Waals surface area (Å²) in [5.74, 6) is -1.59. The van der Waals surface area contributed by atoms with E-state index in [9.17, 15) is 19.5 Å². The molecule has 3 N–H and O–H groups in total. The van der Waals surface area contributed by atoms with Crippen LogP contribution in [0.3, 0.4) is 0 Å². The number of rotatable bonds is 15. The number of phenolic OH excluding ortho intramolecular Hbond substituents is 1. The van der Waals surface area contributed by atoms with Gasteiger partial charge in [-0.1, -0.05) is 86.6 Å². The van der Waals surface area contributed by atoms with Crippen molar-refractivity contribution in [2.24, 2.45) is 5.92 Å². The summed E-state index contributed by atoms with van der Waals surface area (Å²) in [4.78, 5) is 58.2. The molecular formula is C42H57N3O7. The molecular weight excluding hydrogens is 658 g/mol. The van der Waals surface area contributed by atoms with Crippen LogP contribution in [-0.4, -0.2) is 63.2 Å². The molecule has 0 radical (unpaired) electrons. The van der Waals surface area contributed by atoms with Gasteiger partial charge in [0.15, 0.2) is 0 Å². The lowest BCUT2D eigenvalue weighted by molar-refractivity contribution is -0.159. The summed E-state index contributed by atoms with van der Waals surface area (Å²) in [6.45, 7) is 16.5. The van der Waals surface area contributed by atoms with E-state index in [0.29, 0.717) is 17.9 Å². The Balaban J connectivity index is 2.17. The maximum atomic E-state index is 15.1. The number of carbonyl (C=O) groups excluding carboxylic acids is 4. The Morgan fingerprint density at radius 1 is 0.692 bits per heavy atom. The Morgan fingerprint density at radius 3 is 1.73 bits per heavy atom. The van der Waals surface area contributed by atoms with Gasteiger partial charge in [0, 0.05) is 18.9 Å². The highest BCUT2D eigenvalue weighted by molar-refractivity contribution is 5.94. The highest BCUT2D eigenvalue weighted by atomic mass is 16.6. The van der Waals surface area contributed by atoms with Crippen molar-refractivity contribution in [2.45, 2.75) is 123 Å². The van der Waals surface area contributed by atoms with E-state index in [4.69, 9.17) is 9.47 Å². The molecule has 0 saturated heterocycles. The quantitative estimate of drug-likeness (QED) is 0.141. The summed E-state index contributed by atoms with van der Waals surface area (Å²) in [5, 5.41) is 16.3. The summed E-state index contributed by atoms with van der Waals surface area (Å²) < 4.78 is 11.3. The third kappa shape index (κ3) is 13.7. The average Bonchev–Trinajstić information content (AvgIpc) is 3.04. The van der Waals surface area contributed by atoms with Gasteiger partial charge in [0.2, 0.25) is 11.8 Å². The third-order valence-electron chi connectivity index (χ3n) is 8.17. The molecule has 0 aliphatic rings. The molecule has 3 aromatic rings. The summed E-state index contributed by atoms with van der Waals surface area (Å²) in [6.07, 6.45) is 0.770. The summed E-state index contributed by atoms with van der Waals surface area (Å²) in [6, 6.07) is 20.7. The van der Waals surface area contributed by atoms with E-state index in [1.165, 1.54) is 17.0 Å². The van der Waals surface area contributed by atoms with Crippen LogP contribution in [0.2, 0.25) is 0 Å². The molecule has 0 heterocycles. The van der Waals surface area contributed by atoms with Crippen LogP contribution in [0, 0.1) is 5.92 Å². The van der Waals surface area contributed by atoms with Gasteiger partial charge in [0.05, 0.1) is 0 Å². The zero-order chi connectivity index (χ0) is 38.6. The van der Waals surface area contributed by atoms with Crippen LogP contribution in [0.25, 0.3) is 0 Å². The Kier molecular flexibility index (Phi) is 14.8. The number of hydrogen-bond donors (Lipinski definition) is 3. The molecule has 0 bridgehead atoms. The molecule has 3 amide bonds. The molecule has 0 aliphatic heterocycles. The molecule has 0 saturated carbocycles. The molecule has 4 atom stereocenters. The fourth-order valence-corrected chi connectivity index (χ4v) is 5.79. The largest absolute Gasteiger partial charge is 0.508 e. The minimum atomic E-state index is -1.30. The third-order valence-corrected chi connectivity index (χ3v) is 8.17. The lowest BCUT2D eigenvalue weighted by atomic mass is 9.95. The number of ether oxygens (including phenoxy) is 2. The smallest absolute Gasteiger partial charge is 0.408 e. The number of nitrogens with zero attached hydrogens (tertiary/aromatic N) is 1. The molecule has 10 heteroatoms. The fraction of sp³-hybridized carbons (Fsp3) is 0.476. The fourth-order valence-electron chi connectivity index (χ4n) is 5.79. The van der Waals surface area contributed by atoms with Crippen molar-refractivity contribution in [1.82, 2.24) is 15.5 Å². The number of esters is 1. The van der Waals surface area contributed by atoms with Crippen LogP contribution in [0.15, 0.2) is 84.9 Å². The summed E-state index contributed by atoms with van der Waals surface area (Å²) in [7, 11) is 0. The molecule has 0 aliphatic carbocycles. The molecule has 3 aromatic carbocycles. The first kappa shape index (κ1) is 41.6. The SMILES string of the molecule is CC(C)CCC(C)N(C(=O)C(Cc1ccccc1)NC(=O)OC(C)(C)C)C(C(=O)NC(Cc1ccccc1)C(=O)OC(C)(C)C)c1cccc(O)c1. The van der Waals surface area contributed by atoms with E-state index in [1.807, 2.05) is 67.6 Å². The van der Waals surface area contributed by atoms with E-state index >= 15 is 4.79 Å². The molecule has 282 valence electrons. The normalized spacial score (nSPS) is 14.0. The van der Waals surface area contributed by atoms with Gasteiger partial charge in [-0.15, -0.1) is 0 Å². The van der Waals surface area contributed by atoms with E-state index in [0.717, 1.165) is 17.5 Å². The van der Waals surface area contributed by atoms with Gasteiger partial charge in [-0.25, -0.2) is 9.59 Å². The highest BCUT2D eigenvalue weighted by Crippen LogP contribution is 2.30. The number of amides is 3. The lowest BCUT2D eigenvalue weighted by Gasteiger charge is -2.39. The maximum absolute atomic E-state index is 15.1. The van der Waals surface area contributed by atoms with Gasteiger partial charge in [-0.2, -0.15) is 0 Å². The minimum absolute atomic E-state index is 0.0989. The average molecular weight is 716 g/mol. The second kappa shape index (κ2) is 18.6. The van der Waals surface area contributed by atoms with Crippen LogP contribution >= 0.6 is 0 Å². The number of alkyl carbamates (subject to hydrolysis) is 1. The van der Waals surface area contributed by atoms with E-state index < -0.39 is 59.2 Å². The van der Waals surface area contributed by atoms with Crippen molar-refractivity contribution in [3.8, 4) is 5.75 Å². The van der Waals surface area contributed by atoms with Crippen molar-refractivity contribution in [3.63, 3.8) is 0 Å². The van der Waals surface area contributed by atoms with E-state index in [1.54, 1.807) is 53.7 Å². The number of phenols is 1. The second-order valence-electron chi connectivity index (χ2n) is 15.7. The molecule has 0 aromatic heterocycles. The Bertz CT molecular complexity index is 1610. The predicted molar refractivity (Wildman–Crippen MR) is 202 cm³/mol. The minimum Gasteiger partial charge on any atom is -0.508 e. The molecule has 0 fully saturated rings. The van der Waals surface area contributed by atoms with E-state index in [2.05, 4.69) is 24.5 Å². The monoisotopic (exact) mass is 715 g/mol. The van der Waals surface area contributed by atoms with Crippen LogP contribution in [0.1, 0.15) is 97.9 Å². The van der Waals surface area contributed by atoms with Crippen molar-refractivity contribution in [1.29, 1.82) is 0 Å². The first-order chi connectivity index (χ1) is 24.3.